The van der Waals surface area contributed by atoms with Gasteiger partial charge in [0, 0.05) is 35.3 Å². The van der Waals surface area contributed by atoms with Crippen molar-refractivity contribution in [1.29, 1.82) is 0 Å². The largest absolute Gasteiger partial charge is 0.429 e. The van der Waals surface area contributed by atoms with E-state index in [1.54, 1.807) is 60.7 Å². The van der Waals surface area contributed by atoms with Crippen LogP contribution in [0.4, 0.5) is 45.5 Å². The quantitative estimate of drug-likeness (QED) is 0.0287. The Bertz CT molecular complexity index is 3560. The fourth-order valence-corrected chi connectivity index (χ4v) is 10.3. The summed E-state index contributed by atoms with van der Waals surface area (Å²) in [6.07, 6.45) is -6.80. The number of aliphatic hydroxyl groups is 6. The molecule has 85 heavy (non-hydrogen) atoms. The molecular weight excluding hydrogens is 1080 g/mol. The van der Waals surface area contributed by atoms with Gasteiger partial charge in [-0.05, 0) is 122 Å². The van der Waals surface area contributed by atoms with Gasteiger partial charge < -0.3 is 70.0 Å². The van der Waals surface area contributed by atoms with E-state index in [2.05, 4.69) is 33.8 Å². The van der Waals surface area contributed by atoms with Crippen LogP contribution in [0.5, 0.6) is 0 Å². The van der Waals surface area contributed by atoms with Gasteiger partial charge in [-0.3, -0.25) is 9.59 Å². The lowest BCUT2D eigenvalue weighted by molar-refractivity contribution is -0.276. The number of hydrogen-bond acceptors (Lipinski definition) is 18. The number of nitrogens with one attached hydrogen (secondary N) is 2. The lowest BCUT2D eigenvalue weighted by atomic mass is 9.94. The molecule has 18 nitrogen and oxygen atoms in total. The molecule has 0 bridgehead atoms. The van der Waals surface area contributed by atoms with Crippen LogP contribution in [0.3, 0.4) is 0 Å². The van der Waals surface area contributed by atoms with E-state index in [1.807, 2.05) is 113 Å². The number of nitrogens with zero attached hydrogens (tertiary/aromatic N) is 2. The third kappa shape index (κ3) is 13.3. The molecule has 444 valence electrons. The molecular formula is C67H72N4O14. The number of para-hydroxylation sites is 2. The molecule has 2 saturated heterocycles. The van der Waals surface area contributed by atoms with Crippen LogP contribution in [-0.4, -0.2) is 129 Å². The second-order valence-corrected chi connectivity index (χ2v) is 22.2. The molecule has 0 saturated carbocycles. The molecule has 0 aromatic heterocycles. The molecule has 0 aliphatic carbocycles. The predicted octanol–water partition coefficient (Wildman–Crippen LogP) is 9.64. The monoisotopic (exact) mass is 1160 g/mol. The van der Waals surface area contributed by atoms with Crippen LogP contribution >= 0.6 is 0 Å². The van der Waals surface area contributed by atoms with Crippen molar-refractivity contribution in [3.8, 4) is 0 Å². The number of esters is 2. The lowest BCUT2D eigenvalue weighted by Crippen LogP contribution is -2.57. The molecule has 4 aliphatic heterocycles. The summed E-state index contributed by atoms with van der Waals surface area (Å²) < 4.78 is 22.0. The molecule has 4 aliphatic rings. The molecule has 4 heterocycles. The predicted molar refractivity (Wildman–Crippen MR) is 324 cm³/mol. The van der Waals surface area contributed by atoms with Gasteiger partial charge in [0.1, 0.15) is 36.6 Å². The molecule has 0 unspecified atom stereocenters. The average Bonchev–Trinajstić information content (AvgIpc) is 1.43. The summed E-state index contributed by atoms with van der Waals surface area (Å²) in [5, 5.41) is 68.0. The van der Waals surface area contributed by atoms with E-state index in [4.69, 9.17) is 18.9 Å². The van der Waals surface area contributed by atoms with E-state index in [-0.39, 0.29) is 22.7 Å². The Morgan fingerprint density at radius 1 is 0.459 bits per heavy atom. The van der Waals surface area contributed by atoms with Crippen molar-refractivity contribution in [3.63, 3.8) is 0 Å². The Morgan fingerprint density at radius 3 is 1.39 bits per heavy atom. The maximum Gasteiger partial charge on any atom is 0.342 e. The summed E-state index contributed by atoms with van der Waals surface area (Å²) in [4.78, 5) is 57.9. The van der Waals surface area contributed by atoms with Crippen LogP contribution < -0.4 is 20.4 Å². The van der Waals surface area contributed by atoms with E-state index >= 15 is 0 Å². The molecule has 10 atom stereocenters. The standard InChI is InChI=1S/C36H40N2O7.C31H32N2O7/c1-20(2)14-15-24-18-25(32(40)23-10-7-6-8-11-23)19-28-29(24)37-30-26(12-9-13-27(30)38(28)17-16-21(3)4)35(43)45-36-34(42)33(41)31(39)22(5)44-36;1-17(2)14-15-33-23-11-7-10-21(30(38)40-31-29(37)28(36)26(34)18(3)39-31)25(23)32-22-13-12-20(16-24(22)33)27(35)19-8-5-4-6-9-19/h6-14,16,18-19,22,31,33-34,36-37,39,41-42H,15,17H2,1-5H3;4-14,16,18,26,28-29,31-32,34,36-37H,15H2,1-3H3/t22-,31-,33+,34+,36-;18-,26-,28+,29+,31-/m00/s1. The van der Waals surface area contributed by atoms with Crippen LogP contribution in [0.25, 0.3) is 0 Å². The van der Waals surface area contributed by atoms with Crippen molar-refractivity contribution in [2.75, 3.05) is 33.5 Å². The van der Waals surface area contributed by atoms with Crippen molar-refractivity contribution in [2.24, 2.45) is 0 Å². The topological polar surface area (TPSA) is 257 Å². The summed E-state index contributed by atoms with van der Waals surface area (Å²) in [5.41, 5.74) is 12.3. The first-order valence-electron chi connectivity index (χ1n) is 28.2. The number of ketones is 2. The molecule has 2 fully saturated rings. The summed E-state index contributed by atoms with van der Waals surface area (Å²) in [6.45, 7) is 16.0. The fourth-order valence-electron chi connectivity index (χ4n) is 10.3. The van der Waals surface area contributed by atoms with Gasteiger partial charge in [-0.25, -0.2) is 9.59 Å². The van der Waals surface area contributed by atoms with Crippen LogP contribution in [0.2, 0.25) is 0 Å². The highest BCUT2D eigenvalue weighted by Gasteiger charge is 2.46. The maximum absolute atomic E-state index is 13.7. The third-order valence-electron chi connectivity index (χ3n) is 15.1. The second-order valence-electron chi connectivity index (χ2n) is 22.2. The number of hydrogen-bond donors (Lipinski definition) is 8. The number of carbonyl (C=O) groups is 4. The van der Waals surface area contributed by atoms with Gasteiger partial charge in [0.15, 0.2) is 11.6 Å². The van der Waals surface area contributed by atoms with Crippen LogP contribution in [0.15, 0.2) is 162 Å². The van der Waals surface area contributed by atoms with Gasteiger partial charge in [-0.2, -0.15) is 0 Å². The SMILES string of the molecule is CC(C)=CCN1c2cc(C(=O)c3ccccc3)ccc2Nc2c(C(=O)O[C@@H]3O[C@@H](C)[C@H](O)[C@@H](O)[C@H]3O)cccc21.CC(C)=CCc1cc(C(=O)c2ccccc2)cc2c1Nc1c(C(=O)O[C@@H]3O[C@@H](C)[C@H](O)[C@@H](O)[C@H]3O)cccc1N2CC=C(C)C. The van der Waals surface area contributed by atoms with Gasteiger partial charge in [0.2, 0.25) is 12.6 Å². The number of anilines is 8. The molecule has 6 aromatic carbocycles. The Labute approximate surface area is 493 Å². The van der Waals surface area contributed by atoms with Gasteiger partial charge in [-0.1, -0.05) is 108 Å². The normalized spacial score (nSPS) is 22.6. The van der Waals surface area contributed by atoms with Crippen molar-refractivity contribution in [3.05, 3.63) is 201 Å². The Kier molecular flexibility index (Phi) is 19.0. The number of fused-ring (bicyclic) bond motifs is 4. The Morgan fingerprint density at radius 2 is 0.906 bits per heavy atom. The number of rotatable bonds is 14. The van der Waals surface area contributed by atoms with E-state index in [9.17, 15) is 49.8 Å². The fraction of sp³-hybridized carbons (Fsp3) is 0.313. The van der Waals surface area contributed by atoms with Crippen molar-refractivity contribution >= 4 is 69.0 Å². The average molecular weight is 1160 g/mol. The number of carbonyl (C=O) groups excluding carboxylic acids is 4. The Hall–Kier alpha value is -8.30. The Balaban J connectivity index is 0.000000205. The molecule has 6 aromatic rings. The van der Waals surface area contributed by atoms with Crippen molar-refractivity contribution in [1.82, 2.24) is 0 Å². The molecule has 10 rings (SSSR count). The van der Waals surface area contributed by atoms with Gasteiger partial charge in [0.05, 0.1) is 68.8 Å². The lowest BCUT2D eigenvalue weighted by Gasteiger charge is -2.39. The number of ether oxygens (including phenoxy) is 4. The first-order chi connectivity index (χ1) is 40.6. The van der Waals surface area contributed by atoms with E-state index in [0.717, 1.165) is 39.3 Å². The van der Waals surface area contributed by atoms with Crippen LogP contribution in [0, 0.1) is 0 Å². The molecule has 0 radical (unpaired) electrons. The highest BCUT2D eigenvalue weighted by Crippen LogP contribution is 2.49. The van der Waals surface area contributed by atoms with Crippen molar-refractivity contribution < 1.29 is 68.8 Å². The van der Waals surface area contributed by atoms with Crippen molar-refractivity contribution in [2.45, 2.75) is 123 Å². The summed E-state index contributed by atoms with van der Waals surface area (Å²) in [6, 6.07) is 37.8. The van der Waals surface area contributed by atoms with Gasteiger partial charge in [0.25, 0.3) is 0 Å². The minimum Gasteiger partial charge on any atom is -0.429 e. The molecule has 0 amide bonds. The first kappa shape index (κ1) is 61.3. The van der Waals surface area contributed by atoms with E-state index < -0.39 is 73.4 Å². The first-order valence-corrected chi connectivity index (χ1v) is 28.2. The minimum absolute atomic E-state index is 0.0882. The van der Waals surface area contributed by atoms with Crippen LogP contribution in [-0.2, 0) is 25.4 Å². The molecule has 0 spiro atoms. The van der Waals surface area contributed by atoms with Gasteiger partial charge >= 0.3 is 11.9 Å². The van der Waals surface area contributed by atoms with E-state index in [1.165, 1.54) is 13.8 Å². The van der Waals surface area contributed by atoms with E-state index in [0.29, 0.717) is 70.2 Å². The maximum atomic E-state index is 13.7. The number of aliphatic hydroxyl groups excluding tert-OH is 6. The van der Waals surface area contributed by atoms with Gasteiger partial charge in [-0.15, -0.1) is 0 Å². The summed E-state index contributed by atoms with van der Waals surface area (Å²) in [5.74, 6) is -1.73. The highest BCUT2D eigenvalue weighted by atomic mass is 16.7. The summed E-state index contributed by atoms with van der Waals surface area (Å²) in [7, 11) is 0. The zero-order chi connectivity index (χ0) is 61.0. The smallest absolute Gasteiger partial charge is 0.342 e. The third-order valence-corrected chi connectivity index (χ3v) is 15.1. The number of allylic oxidation sites excluding steroid dienone is 4. The zero-order valence-electron chi connectivity index (χ0n) is 48.6. The molecule has 8 N–H and O–H groups in total. The number of benzene rings is 6. The highest BCUT2D eigenvalue weighted by molar-refractivity contribution is 6.13. The zero-order valence-corrected chi connectivity index (χ0v) is 48.6. The molecule has 18 heteroatoms. The minimum atomic E-state index is -1.63. The van der Waals surface area contributed by atoms with Crippen LogP contribution in [0.1, 0.15) is 114 Å². The summed E-state index contributed by atoms with van der Waals surface area (Å²) >= 11 is 0. The second kappa shape index (κ2) is 26.3.